The van der Waals surface area contributed by atoms with Crippen molar-refractivity contribution >= 4 is 11.4 Å². The molecular formula is C15H12N2O2. The van der Waals surface area contributed by atoms with Crippen molar-refractivity contribution in [3.05, 3.63) is 59.7 Å². The second kappa shape index (κ2) is 4.57. The van der Waals surface area contributed by atoms with Crippen LogP contribution in [0.25, 0.3) is 0 Å². The van der Waals surface area contributed by atoms with Crippen molar-refractivity contribution < 1.29 is 10.2 Å². The van der Waals surface area contributed by atoms with Gasteiger partial charge in [0.2, 0.25) is 0 Å². The van der Waals surface area contributed by atoms with Gasteiger partial charge in [-0.15, -0.1) is 0 Å². The molecule has 1 aliphatic heterocycles. The Bertz CT molecular complexity index is 596. The first-order valence-corrected chi connectivity index (χ1v) is 5.92. The predicted molar refractivity (Wildman–Crippen MR) is 74.2 cm³/mol. The van der Waals surface area contributed by atoms with E-state index < -0.39 is 0 Å². The molecule has 1 heterocycles. The Kier molecular flexibility index (Phi) is 2.76. The molecule has 19 heavy (non-hydrogen) atoms. The largest absolute Gasteiger partial charge is 0.508 e. The number of hydrogen-bond acceptors (Lipinski definition) is 4. The highest BCUT2D eigenvalue weighted by Crippen LogP contribution is 2.18. The molecule has 2 aromatic carbocycles. The second-order valence-electron chi connectivity index (χ2n) is 4.25. The molecule has 2 N–H and O–H groups in total. The van der Waals surface area contributed by atoms with E-state index in [0.717, 1.165) is 22.6 Å². The summed E-state index contributed by atoms with van der Waals surface area (Å²) >= 11 is 0. The van der Waals surface area contributed by atoms with E-state index in [-0.39, 0.29) is 11.5 Å². The van der Waals surface area contributed by atoms with Crippen LogP contribution in [-0.4, -0.2) is 28.3 Å². The van der Waals surface area contributed by atoms with E-state index in [9.17, 15) is 10.2 Å². The molecule has 0 atom stereocenters. The summed E-state index contributed by atoms with van der Waals surface area (Å²) < 4.78 is 0. The summed E-state index contributed by atoms with van der Waals surface area (Å²) in [5, 5.41) is 18.6. The van der Waals surface area contributed by atoms with Gasteiger partial charge in [0.1, 0.15) is 18.2 Å². The molecule has 0 saturated carbocycles. The fraction of sp³-hybridized carbons (Fsp3) is 0.0667. The van der Waals surface area contributed by atoms with Crippen molar-refractivity contribution in [1.29, 1.82) is 0 Å². The zero-order chi connectivity index (χ0) is 13.2. The van der Waals surface area contributed by atoms with Crippen LogP contribution in [-0.2, 0) is 0 Å². The summed E-state index contributed by atoms with van der Waals surface area (Å²) in [5.41, 5.74) is 3.46. The van der Waals surface area contributed by atoms with Gasteiger partial charge >= 0.3 is 0 Å². The molecule has 2 aromatic rings. The summed E-state index contributed by atoms with van der Waals surface area (Å²) in [4.78, 5) is 8.77. The minimum Gasteiger partial charge on any atom is -0.508 e. The lowest BCUT2D eigenvalue weighted by Gasteiger charge is -2.06. The van der Waals surface area contributed by atoms with E-state index >= 15 is 0 Å². The average molecular weight is 252 g/mol. The van der Waals surface area contributed by atoms with Crippen LogP contribution in [0.1, 0.15) is 11.1 Å². The van der Waals surface area contributed by atoms with E-state index in [1.165, 1.54) is 0 Å². The summed E-state index contributed by atoms with van der Waals surface area (Å²) in [6.45, 7) is 0.409. The minimum absolute atomic E-state index is 0.227. The summed E-state index contributed by atoms with van der Waals surface area (Å²) in [6.07, 6.45) is 0. The average Bonchev–Trinajstić information content (AvgIpc) is 2.90. The summed E-state index contributed by atoms with van der Waals surface area (Å²) in [6, 6.07) is 13.8. The van der Waals surface area contributed by atoms with Gasteiger partial charge in [-0.25, -0.2) is 0 Å². The fourth-order valence-electron chi connectivity index (χ4n) is 2.02. The van der Waals surface area contributed by atoms with Gasteiger partial charge in [0.05, 0.1) is 11.4 Å². The third-order valence-electron chi connectivity index (χ3n) is 2.96. The standard InChI is InChI=1S/C15H12N2O2/c18-12-5-1-10(2-6-12)14-15(17-9-16-14)11-3-7-13(19)8-4-11/h1-8,18-19H,9H2. The highest BCUT2D eigenvalue weighted by molar-refractivity contribution is 6.54. The molecule has 0 aromatic heterocycles. The van der Waals surface area contributed by atoms with Crippen LogP contribution in [0.3, 0.4) is 0 Å². The number of benzene rings is 2. The number of phenolic OH excluding ortho intramolecular Hbond substituents is 2. The molecule has 0 radical (unpaired) electrons. The number of nitrogens with zero attached hydrogens (tertiary/aromatic N) is 2. The van der Waals surface area contributed by atoms with Crippen LogP contribution >= 0.6 is 0 Å². The monoisotopic (exact) mass is 252 g/mol. The van der Waals surface area contributed by atoms with Gasteiger partial charge in [-0.2, -0.15) is 0 Å². The molecule has 4 heteroatoms. The highest BCUT2D eigenvalue weighted by Gasteiger charge is 2.17. The third-order valence-corrected chi connectivity index (χ3v) is 2.96. The van der Waals surface area contributed by atoms with Crippen LogP contribution in [0.2, 0.25) is 0 Å². The summed E-state index contributed by atoms with van der Waals surface area (Å²) in [5.74, 6) is 0.455. The maximum atomic E-state index is 9.32. The van der Waals surface area contributed by atoms with E-state index in [4.69, 9.17) is 0 Å². The van der Waals surface area contributed by atoms with Gasteiger partial charge in [0.15, 0.2) is 0 Å². The molecule has 94 valence electrons. The minimum atomic E-state index is 0.227. The van der Waals surface area contributed by atoms with E-state index in [1.807, 2.05) is 24.3 Å². The van der Waals surface area contributed by atoms with Gasteiger partial charge in [-0.3, -0.25) is 9.98 Å². The molecule has 0 aliphatic carbocycles. The highest BCUT2D eigenvalue weighted by atomic mass is 16.3. The van der Waals surface area contributed by atoms with Gasteiger partial charge in [0, 0.05) is 11.1 Å². The van der Waals surface area contributed by atoms with Gasteiger partial charge in [-0.1, -0.05) is 0 Å². The zero-order valence-electron chi connectivity index (χ0n) is 10.1. The van der Waals surface area contributed by atoms with Crippen LogP contribution in [0.4, 0.5) is 0 Å². The predicted octanol–water partition coefficient (Wildman–Crippen LogP) is 2.35. The first kappa shape index (κ1) is 11.5. The Morgan fingerprint density at radius 2 is 1.00 bits per heavy atom. The van der Waals surface area contributed by atoms with Gasteiger partial charge in [-0.05, 0) is 48.5 Å². The third kappa shape index (κ3) is 2.20. The first-order chi connectivity index (χ1) is 9.24. The maximum absolute atomic E-state index is 9.32. The Morgan fingerprint density at radius 3 is 1.37 bits per heavy atom. The number of rotatable bonds is 2. The van der Waals surface area contributed by atoms with Crippen molar-refractivity contribution in [3.63, 3.8) is 0 Å². The van der Waals surface area contributed by atoms with Crippen molar-refractivity contribution in [3.8, 4) is 11.5 Å². The Labute approximate surface area is 110 Å². The maximum Gasteiger partial charge on any atom is 0.130 e. The lowest BCUT2D eigenvalue weighted by atomic mass is 10.00. The first-order valence-electron chi connectivity index (χ1n) is 5.92. The molecule has 0 unspecified atom stereocenters. The summed E-state index contributed by atoms with van der Waals surface area (Å²) in [7, 11) is 0. The van der Waals surface area contributed by atoms with Crippen LogP contribution in [0.5, 0.6) is 11.5 Å². The lowest BCUT2D eigenvalue weighted by molar-refractivity contribution is 0.474. The van der Waals surface area contributed by atoms with Crippen LogP contribution < -0.4 is 0 Å². The van der Waals surface area contributed by atoms with Gasteiger partial charge in [0.25, 0.3) is 0 Å². The molecule has 0 saturated heterocycles. The molecule has 0 bridgehead atoms. The Balaban J connectivity index is 1.97. The molecular weight excluding hydrogens is 240 g/mol. The number of aliphatic imine (C=N–C) groups is 2. The molecule has 4 nitrogen and oxygen atoms in total. The quantitative estimate of drug-likeness (QED) is 0.861. The normalized spacial score (nSPS) is 14.1. The second-order valence-corrected chi connectivity index (χ2v) is 4.25. The number of aromatic hydroxyl groups is 2. The molecule has 3 rings (SSSR count). The van der Waals surface area contributed by atoms with Crippen LogP contribution in [0, 0.1) is 0 Å². The van der Waals surface area contributed by atoms with E-state index in [2.05, 4.69) is 9.98 Å². The lowest BCUT2D eigenvalue weighted by Crippen LogP contribution is -2.13. The number of phenols is 2. The van der Waals surface area contributed by atoms with E-state index in [0.29, 0.717) is 6.67 Å². The van der Waals surface area contributed by atoms with Gasteiger partial charge < -0.3 is 10.2 Å². The fourth-order valence-corrected chi connectivity index (χ4v) is 2.02. The van der Waals surface area contributed by atoms with Crippen molar-refractivity contribution in [2.75, 3.05) is 6.67 Å². The topological polar surface area (TPSA) is 65.2 Å². The van der Waals surface area contributed by atoms with Crippen molar-refractivity contribution in [2.45, 2.75) is 0 Å². The zero-order valence-corrected chi connectivity index (χ0v) is 10.1. The van der Waals surface area contributed by atoms with Crippen molar-refractivity contribution in [1.82, 2.24) is 0 Å². The van der Waals surface area contributed by atoms with Crippen molar-refractivity contribution in [2.24, 2.45) is 9.98 Å². The SMILES string of the molecule is Oc1ccc(C2=NCN=C2c2ccc(O)cc2)cc1. The number of hydrogen-bond donors (Lipinski definition) is 2. The van der Waals surface area contributed by atoms with Crippen LogP contribution in [0.15, 0.2) is 58.5 Å². The Hall–Kier alpha value is -2.62. The molecule has 0 spiro atoms. The molecule has 0 amide bonds. The Morgan fingerprint density at radius 1 is 0.632 bits per heavy atom. The smallest absolute Gasteiger partial charge is 0.130 e. The van der Waals surface area contributed by atoms with E-state index in [1.54, 1.807) is 24.3 Å². The molecule has 1 aliphatic rings. The molecule has 0 fully saturated rings.